The molecule has 1 aliphatic rings. The van der Waals surface area contributed by atoms with E-state index in [1.807, 2.05) is 67.6 Å². The maximum atomic E-state index is 13.6. The zero-order valence-corrected chi connectivity index (χ0v) is 18.1. The summed E-state index contributed by atoms with van der Waals surface area (Å²) >= 11 is 6.07. The summed E-state index contributed by atoms with van der Waals surface area (Å²) in [4.78, 5) is 28.5. The molecule has 32 heavy (non-hydrogen) atoms. The highest BCUT2D eigenvalue weighted by Gasteiger charge is 2.40. The first kappa shape index (κ1) is 20.0. The van der Waals surface area contributed by atoms with E-state index in [1.165, 1.54) is 4.90 Å². The van der Waals surface area contributed by atoms with Gasteiger partial charge in [0.1, 0.15) is 5.70 Å². The molecule has 156 valence electrons. The van der Waals surface area contributed by atoms with Crippen molar-refractivity contribution in [3.05, 3.63) is 113 Å². The van der Waals surface area contributed by atoms with Crippen molar-refractivity contribution in [1.82, 2.24) is 0 Å². The van der Waals surface area contributed by atoms with Crippen molar-refractivity contribution in [3.8, 4) is 0 Å². The Labute approximate surface area is 190 Å². The van der Waals surface area contributed by atoms with Gasteiger partial charge < -0.3 is 5.32 Å². The Bertz CT molecular complexity index is 1400. The van der Waals surface area contributed by atoms with Crippen molar-refractivity contribution in [2.75, 3.05) is 10.2 Å². The number of hydrogen-bond acceptors (Lipinski definition) is 3. The Kier molecular flexibility index (Phi) is 5.00. The highest BCUT2D eigenvalue weighted by Crippen LogP contribution is 2.36. The van der Waals surface area contributed by atoms with Crippen LogP contribution in [0.4, 0.5) is 11.4 Å². The predicted molar refractivity (Wildman–Crippen MR) is 130 cm³/mol. The Morgan fingerprint density at radius 3 is 2.22 bits per heavy atom. The van der Waals surface area contributed by atoms with E-state index < -0.39 is 0 Å². The van der Waals surface area contributed by atoms with Gasteiger partial charge in [0.15, 0.2) is 0 Å². The molecule has 0 aliphatic carbocycles. The van der Waals surface area contributed by atoms with Gasteiger partial charge in [-0.3, -0.25) is 9.59 Å². The van der Waals surface area contributed by atoms with Gasteiger partial charge in [-0.1, -0.05) is 78.3 Å². The number of hydrogen-bond donors (Lipinski definition) is 1. The minimum absolute atomic E-state index is 0.247. The Balaban J connectivity index is 1.68. The average molecular weight is 439 g/mol. The predicted octanol–water partition coefficient (Wildman–Crippen LogP) is 6.20. The fourth-order valence-electron chi connectivity index (χ4n) is 4.03. The molecule has 5 heteroatoms. The summed E-state index contributed by atoms with van der Waals surface area (Å²) in [5.41, 5.74) is 3.38. The van der Waals surface area contributed by atoms with Crippen LogP contribution in [0.2, 0.25) is 5.02 Å². The van der Waals surface area contributed by atoms with Gasteiger partial charge in [0.05, 0.1) is 11.3 Å². The third-order valence-corrected chi connectivity index (χ3v) is 5.87. The summed E-state index contributed by atoms with van der Waals surface area (Å²) in [5, 5.41) is 5.85. The van der Waals surface area contributed by atoms with E-state index in [2.05, 4.69) is 5.32 Å². The van der Waals surface area contributed by atoms with Crippen molar-refractivity contribution in [2.24, 2.45) is 0 Å². The van der Waals surface area contributed by atoms with E-state index >= 15 is 0 Å². The van der Waals surface area contributed by atoms with Gasteiger partial charge in [-0.05, 0) is 47.7 Å². The topological polar surface area (TPSA) is 49.4 Å². The lowest BCUT2D eigenvalue weighted by Crippen LogP contribution is -2.33. The molecule has 0 saturated carbocycles. The number of fused-ring (bicyclic) bond motifs is 1. The summed E-state index contributed by atoms with van der Waals surface area (Å²) < 4.78 is 0. The summed E-state index contributed by atoms with van der Waals surface area (Å²) in [7, 11) is 0. The fraction of sp³-hybridized carbons (Fsp3) is 0.0370. The molecule has 1 N–H and O–H groups in total. The van der Waals surface area contributed by atoms with Crippen LogP contribution in [-0.2, 0) is 9.59 Å². The number of para-hydroxylation sites is 1. The Hall–Kier alpha value is -3.89. The van der Waals surface area contributed by atoms with Crippen molar-refractivity contribution in [1.29, 1.82) is 0 Å². The number of anilines is 2. The molecule has 0 atom stereocenters. The molecular weight excluding hydrogens is 420 g/mol. The lowest BCUT2D eigenvalue weighted by atomic mass is 10.0. The van der Waals surface area contributed by atoms with Crippen LogP contribution in [0, 0.1) is 6.92 Å². The molecule has 0 fully saturated rings. The lowest BCUT2D eigenvalue weighted by Gasteiger charge is -2.18. The van der Waals surface area contributed by atoms with Crippen LogP contribution in [0.3, 0.4) is 0 Å². The number of amides is 2. The Morgan fingerprint density at radius 2 is 1.44 bits per heavy atom. The van der Waals surface area contributed by atoms with Gasteiger partial charge >= 0.3 is 0 Å². The fourth-order valence-corrected chi connectivity index (χ4v) is 4.16. The van der Waals surface area contributed by atoms with E-state index in [-0.39, 0.29) is 17.5 Å². The molecule has 5 rings (SSSR count). The van der Waals surface area contributed by atoms with E-state index in [1.54, 1.807) is 30.3 Å². The maximum absolute atomic E-state index is 13.6. The van der Waals surface area contributed by atoms with Crippen LogP contribution in [0.5, 0.6) is 0 Å². The van der Waals surface area contributed by atoms with Gasteiger partial charge in [-0.25, -0.2) is 4.90 Å². The number of imide groups is 1. The van der Waals surface area contributed by atoms with Gasteiger partial charge in [0, 0.05) is 16.1 Å². The van der Waals surface area contributed by atoms with Crippen LogP contribution < -0.4 is 10.2 Å². The van der Waals surface area contributed by atoms with Crippen molar-refractivity contribution in [2.45, 2.75) is 6.92 Å². The first-order chi connectivity index (χ1) is 15.5. The molecule has 0 unspecified atom stereocenters. The zero-order valence-electron chi connectivity index (χ0n) is 17.3. The van der Waals surface area contributed by atoms with Crippen LogP contribution in [0.15, 0.2) is 96.7 Å². The maximum Gasteiger partial charge on any atom is 0.282 e. The minimum Gasteiger partial charge on any atom is -0.350 e. The third kappa shape index (κ3) is 3.35. The number of carbonyl (C=O) groups is 2. The van der Waals surface area contributed by atoms with Gasteiger partial charge in [-0.15, -0.1) is 0 Å². The summed E-state index contributed by atoms with van der Waals surface area (Å²) in [6, 6.07) is 28.1. The second kappa shape index (κ2) is 7.98. The Morgan fingerprint density at radius 1 is 0.750 bits per heavy atom. The minimum atomic E-state index is -0.387. The molecule has 1 heterocycles. The third-order valence-electron chi connectivity index (χ3n) is 5.62. The average Bonchev–Trinajstić information content (AvgIpc) is 3.04. The normalized spacial score (nSPS) is 13.9. The number of aryl methyl sites for hydroxylation is 1. The van der Waals surface area contributed by atoms with Crippen LogP contribution in [0.1, 0.15) is 11.1 Å². The number of halogens is 1. The van der Waals surface area contributed by atoms with Gasteiger partial charge in [0.25, 0.3) is 11.8 Å². The smallest absolute Gasteiger partial charge is 0.282 e. The number of nitrogens with zero attached hydrogens (tertiary/aromatic N) is 1. The lowest BCUT2D eigenvalue weighted by molar-refractivity contribution is -0.120. The van der Waals surface area contributed by atoms with E-state index in [9.17, 15) is 9.59 Å². The van der Waals surface area contributed by atoms with Crippen molar-refractivity contribution >= 4 is 51.1 Å². The van der Waals surface area contributed by atoms with Crippen molar-refractivity contribution < 1.29 is 9.59 Å². The second-order valence-electron chi connectivity index (χ2n) is 7.64. The first-order valence-corrected chi connectivity index (χ1v) is 10.6. The van der Waals surface area contributed by atoms with Crippen LogP contribution >= 0.6 is 11.6 Å². The molecule has 4 aromatic carbocycles. The highest BCUT2D eigenvalue weighted by atomic mass is 35.5. The highest BCUT2D eigenvalue weighted by molar-refractivity contribution is 6.46. The summed E-state index contributed by atoms with van der Waals surface area (Å²) in [6.07, 6.45) is 0. The van der Waals surface area contributed by atoms with Crippen molar-refractivity contribution in [3.63, 3.8) is 0 Å². The number of rotatable bonds is 4. The molecule has 0 radical (unpaired) electrons. The largest absolute Gasteiger partial charge is 0.350 e. The molecule has 4 aromatic rings. The molecular formula is C27H19ClN2O2. The second-order valence-corrected chi connectivity index (χ2v) is 8.08. The van der Waals surface area contributed by atoms with Gasteiger partial charge in [0.2, 0.25) is 0 Å². The standard InChI is InChI=1S/C27H19ClN2O2/c1-17-7-2-5-12-23(17)30-26(31)24(19-13-15-20(28)16-14-19)25(27(30)32)29-22-11-6-9-18-8-3-4-10-21(18)22/h2-16,29H,1H3. The number of carbonyl (C=O) groups excluding carboxylic acids is 2. The zero-order chi connectivity index (χ0) is 22.2. The van der Waals surface area contributed by atoms with E-state index in [0.717, 1.165) is 22.0 Å². The quantitative estimate of drug-likeness (QED) is 0.386. The van der Waals surface area contributed by atoms with E-state index in [4.69, 9.17) is 11.6 Å². The molecule has 4 nitrogen and oxygen atoms in total. The first-order valence-electron chi connectivity index (χ1n) is 10.2. The van der Waals surface area contributed by atoms with Crippen LogP contribution in [-0.4, -0.2) is 11.8 Å². The molecule has 2 amide bonds. The number of benzene rings is 4. The molecule has 0 bridgehead atoms. The van der Waals surface area contributed by atoms with Crippen LogP contribution in [0.25, 0.3) is 16.3 Å². The molecule has 0 saturated heterocycles. The summed E-state index contributed by atoms with van der Waals surface area (Å²) in [6.45, 7) is 1.88. The molecule has 1 aliphatic heterocycles. The molecule has 0 aromatic heterocycles. The number of nitrogens with one attached hydrogen (secondary N) is 1. The summed E-state index contributed by atoms with van der Waals surface area (Å²) in [5.74, 6) is -0.753. The SMILES string of the molecule is Cc1ccccc1N1C(=O)C(Nc2cccc3ccccc23)=C(c2ccc(Cl)cc2)C1=O. The molecule has 0 spiro atoms. The monoisotopic (exact) mass is 438 g/mol. The van der Waals surface area contributed by atoms with E-state index in [0.29, 0.717) is 21.8 Å². The van der Waals surface area contributed by atoms with Gasteiger partial charge in [-0.2, -0.15) is 0 Å².